The molecule has 36 heavy (non-hydrogen) atoms. The minimum atomic E-state index is -4.92. The summed E-state index contributed by atoms with van der Waals surface area (Å²) in [5, 5.41) is 29.2. The lowest BCUT2D eigenvalue weighted by molar-refractivity contribution is -0.931. The van der Waals surface area contributed by atoms with Crippen molar-refractivity contribution in [3.63, 3.8) is 0 Å². The average Bonchev–Trinajstić information content (AvgIpc) is 2.80. The second-order valence-corrected chi connectivity index (χ2v) is 11.2. The third kappa shape index (κ3) is 29.9. The minimum absolute atomic E-state index is 0.210. The molecule has 1 atom stereocenters. The molecule has 0 aliphatic heterocycles. The van der Waals surface area contributed by atoms with Gasteiger partial charge < -0.3 is 24.4 Å². The molecule has 0 aromatic rings. The summed E-state index contributed by atoms with van der Waals surface area (Å²) >= 11 is 0. The Morgan fingerprint density at radius 3 is 1.31 bits per heavy atom. The van der Waals surface area contributed by atoms with E-state index in [1.165, 1.54) is 89.9 Å². The van der Waals surface area contributed by atoms with Crippen molar-refractivity contribution >= 4 is 10.4 Å². The Labute approximate surface area is 222 Å². The molecule has 0 aliphatic carbocycles. The number of aliphatic hydroxyl groups is 3. The van der Waals surface area contributed by atoms with Crippen molar-refractivity contribution in [1.82, 2.24) is 0 Å². The largest absolute Gasteiger partial charge is 0.726 e. The number of hydrogen-bond acceptors (Lipinski definition) is 6. The van der Waals surface area contributed by atoms with Gasteiger partial charge in [0.1, 0.15) is 12.6 Å². The Balaban J connectivity index is 0. The fraction of sp³-hybridized carbons (Fsp3) is 1.00. The Hall–Kier alpha value is -0.290. The predicted molar refractivity (Wildman–Crippen MR) is 147 cm³/mol. The maximum Gasteiger partial charge on any atom is 0.215 e. The van der Waals surface area contributed by atoms with E-state index in [1.807, 2.05) is 0 Å². The van der Waals surface area contributed by atoms with Crippen LogP contribution < -0.4 is 0 Å². The third-order valence-electron chi connectivity index (χ3n) is 6.79. The number of rotatable bonds is 25. The van der Waals surface area contributed by atoms with Gasteiger partial charge in [0.15, 0.2) is 0 Å². The van der Waals surface area contributed by atoms with Crippen LogP contribution in [0.5, 0.6) is 0 Å². The van der Waals surface area contributed by atoms with Gasteiger partial charge in [-0.3, -0.25) is 4.55 Å². The first-order chi connectivity index (χ1) is 17.1. The first-order valence-corrected chi connectivity index (χ1v) is 15.9. The Kier molecular flexibility index (Phi) is 27.7. The summed E-state index contributed by atoms with van der Waals surface area (Å²) in [6.07, 6.45) is 22.3. The third-order valence-corrected chi connectivity index (χ3v) is 6.79. The van der Waals surface area contributed by atoms with Gasteiger partial charge in [0, 0.05) is 26.1 Å². The van der Waals surface area contributed by atoms with Crippen LogP contribution in [0.1, 0.15) is 129 Å². The monoisotopic (exact) mass is 541 g/mol. The maximum absolute atomic E-state index is 10.5. The molecule has 4 N–H and O–H groups in total. The summed E-state index contributed by atoms with van der Waals surface area (Å²) in [6, 6.07) is 0. The summed E-state index contributed by atoms with van der Waals surface area (Å²) in [4.78, 5) is 0. The smallest absolute Gasteiger partial charge is 0.215 e. The van der Waals surface area contributed by atoms with E-state index in [9.17, 15) is 15.3 Å². The van der Waals surface area contributed by atoms with Gasteiger partial charge in [-0.05, 0) is 19.3 Å². The average molecular weight is 542 g/mol. The van der Waals surface area contributed by atoms with E-state index in [0.717, 1.165) is 56.3 Å². The molecule has 0 heterocycles. The molecular formula is C27H59NO7S. The van der Waals surface area contributed by atoms with Crippen LogP contribution in [0.4, 0.5) is 0 Å². The highest BCUT2D eigenvalue weighted by Crippen LogP contribution is 2.18. The molecule has 0 radical (unpaired) electrons. The van der Waals surface area contributed by atoms with E-state index < -0.39 is 10.4 Å². The zero-order valence-corrected chi connectivity index (χ0v) is 24.2. The highest BCUT2D eigenvalue weighted by atomic mass is 32.3. The van der Waals surface area contributed by atoms with E-state index in [2.05, 4.69) is 13.8 Å². The van der Waals surface area contributed by atoms with Gasteiger partial charge in [0.25, 0.3) is 0 Å². The van der Waals surface area contributed by atoms with Gasteiger partial charge in [0.05, 0.1) is 19.6 Å². The number of aliphatic hydroxyl groups excluding tert-OH is 3. The molecule has 0 amide bonds. The normalized spacial score (nSPS) is 12.9. The van der Waals surface area contributed by atoms with Crippen molar-refractivity contribution in [2.45, 2.75) is 136 Å². The summed E-state index contributed by atoms with van der Waals surface area (Å²) in [5.74, 6) is 0. The second kappa shape index (κ2) is 26.3. The fourth-order valence-corrected chi connectivity index (χ4v) is 4.93. The van der Waals surface area contributed by atoms with Gasteiger partial charge in [-0.25, -0.2) is 8.42 Å². The van der Waals surface area contributed by atoms with Gasteiger partial charge >= 0.3 is 0 Å². The molecular weight excluding hydrogens is 482 g/mol. The van der Waals surface area contributed by atoms with Crippen LogP contribution in [0.3, 0.4) is 0 Å². The fourth-order valence-electron chi connectivity index (χ4n) is 4.93. The number of unbranched alkanes of at least 4 members (excludes halogenated alkanes) is 13. The molecule has 0 rings (SSSR count). The minimum Gasteiger partial charge on any atom is -0.726 e. The van der Waals surface area contributed by atoms with Crippen LogP contribution in [-0.2, 0) is 10.4 Å². The highest BCUT2D eigenvalue weighted by Gasteiger charge is 2.29. The van der Waals surface area contributed by atoms with Crippen LogP contribution in [0, 0.1) is 0 Å². The molecule has 0 aliphatic rings. The van der Waals surface area contributed by atoms with E-state index in [0.29, 0.717) is 0 Å². The number of nitrogens with zero attached hydrogens (tertiary/aromatic N) is 1. The lowest BCUT2D eigenvalue weighted by atomic mass is 10.0. The molecule has 0 bridgehead atoms. The van der Waals surface area contributed by atoms with Gasteiger partial charge in [-0.1, -0.05) is 97.3 Å². The zero-order valence-electron chi connectivity index (χ0n) is 23.4. The first-order valence-electron chi connectivity index (χ1n) is 14.6. The van der Waals surface area contributed by atoms with E-state index in [4.69, 9.17) is 17.5 Å². The van der Waals surface area contributed by atoms with Crippen molar-refractivity contribution in [2.75, 3.05) is 39.4 Å². The molecule has 0 saturated carbocycles. The molecule has 1 unspecified atom stereocenters. The summed E-state index contributed by atoms with van der Waals surface area (Å²) in [5.41, 5.74) is 0. The van der Waals surface area contributed by atoms with Crippen molar-refractivity contribution in [2.24, 2.45) is 0 Å². The molecule has 0 spiro atoms. The molecule has 0 fully saturated rings. The summed E-state index contributed by atoms with van der Waals surface area (Å²) in [7, 11) is -4.92. The quantitative estimate of drug-likeness (QED) is 0.0538. The summed E-state index contributed by atoms with van der Waals surface area (Å²) < 4.78 is 33.7. The predicted octanol–water partition coefficient (Wildman–Crippen LogP) is 5.21. The van der Waals surface area contributed by atoms with Crippen molar-refractivity contribution in [3.05, 3.63) is 0 Å². The zero-order chi connectivity index (χ0) is 27.5. The Morgan fingerprint density at radius 2 is 0.972 bits per heavy atom. The van der Waals surface area contributed by atoms with Crippen molar-refractivity contribution < 1.29 is 37.3 Å². The molecule has 220 valence electrons. The first kappa shape index (κ1) is 37.9. The van der Waals surface area contributed by atoms with Crippen LogP contribution in [0.15, 0.2) is 0 Å². The number of quaternary nitrogens is 1. The SMILES string of the molecule is CCCCCCCCCCCCCCCC[N+](CCCO)(CCCO)CC(O)CCC.O=S(=O)([O-])O. The molecule has 8 nitrogen and oxygen atoms in total. The Morgan fingerprint density at radius 1 is 0.639 bits per heavy atom. The molecule has 0 aromatic heterocycles. The highest BCUT2D eigenvalue weighted by molar-refractivity contribution is 7.79. The van der Waals surface area contributed by atoms with Gasteiger partial charge in [0.2, 0.25) is 10.4 Å². The van der Waals surface area contributed by atoms with Crippen LogP contribution in [0.2, 0.25) is 0 Å². The topological polar surface area (TPSA) is 138 Å². The molecule has 0 aromatic carbocycles. The van der Waals surface area contributed by atoms with E-state index in [1.54, 1.807) is 0 Å². The van der Waals surface area contributed by atoms with E-state index >= 15 is 0 Å². The maximum atomic E-state index is 10.5. The lowest BCUT2D eigenvalue weighted by Crippen LogP contribution is -2.54. The molecule has 0 saturated heterocycles. The van der Waals surface area contributed by atoms with Crippen LogP contribution in [0.25, 0.3) is 0 Å². The van der Waals surface area contributed by atoms with E-state index in [-0.39, 0.29) is 19.3 Å². The van der Waals surface area contributed by atoms with Crippen LogP contribution >= 0.6 is 0 Å². The van der Waals surface area contributed by atoms with Crippen molar-refractivity contribution in [1.29, 1.82) is 0 Å². The number of hydrogen-bond donors (Lipinski definition) is 4. The lowest BCUT2D eigenvalue weighted by Gasteiger charge is -2.40. The van der Waals surface area contributed by atoms with Crippen molar-refractivity contribution in [3.8, 4) is 0 Å². The standard InChI is InChI=1S/C27H58NO3.H2O4S/c1-3-5-6-7-8-9-10-11-12-13-14-15-16-17-21-28(22-18-24-29,23-19-25-30)26-27(31)20-4-2;1-5(2,3)4/h27,29-31H,3-26H2,1-2H3;(H2,1,2,3,4)/q+1;/p-1. The second-order valence-electron chi connectivity index (χ2n) is 10.3. The van der Waals surface area contributed by atoms with Crippen LogP contribution in [-0.4, -0.2) is 82.8 Å². The summed E-state index contributed by atoms with van der Waals surface area (Å²) in [6.45, 7) is 8.48. The molecule has 9 heteroatoms. The van der Waals surface area contributed by atoms with Gasteiger partial charge in [-0.2, -0.15) is 0 Å². The van der Waals surface area contributed by atoms with Gasteiger partial charge in [-0.15, -0.1) is 0 Å². The Bertz CT molecular complexity index is 530.